The average Bonchev–Trinajstić information content (AvgIpc) is 2.35. The molecule has 0 saturated carbocycles. The van der Waals surface area contributed by atoms with Gasteiger partial charge in [-0.25, -0.2) is 0 Å². The minimum atomic E-state index is -0.149. The fourth-order valence-corrected chi connectivity index (χ4v) is 2.02. The smallest absolute Gasteiger partial charge is 0.240 e. The van der Waals surface area contributed by atoms with E-state index in [0.29, 0.717) is 19.5 Å². The maximum Gasteiger partial charge on any atom is 0.240 e. The Morgan fingerprint density at radius 1 is 1.22 bits per heavy atom. The highest BCUT2D eigenvalue weighted by Crippen LogP contribution is 2.07. The molecule has 1 N–H and O–H groups in total. The molecule has 2 amide bonds. The summed E-state index contributed by atoms with van der Waals surface area (Å²) in [6, 6.07) is -0.149. The minimum Gasteiger partial charge on any atom is -0.349 e. The summed E-state index contributed by atoms with van der Waals surface area (Å²) in [7, 11) is 7.03. The first-order valence-corrected chi connectivity index (χ1v) is 6.29. The number of hydrogen-bond acceptors (Lipinski definition) is 4. The lowest BCUT2D eigenvalue weighted by Crippen LogP contribution is -2.58. The molecule has 6 heteroatoms. The summed E-state index contributed by atoms with van der Waals surface area (Å²) in [6.07, 6.45) is 0.463. The fourth-order valence-electron chi connectivity index (χ4n) is 2.02. The minimum absolute atomic E-state index is 0.0968. The molecule has 1 aliphatic rings. The van der Waals surface area contributed by atoms with Crippen LogP contribution in [0.15, 0.2) is 0 Å². The van der Waals surface area contributed by atoms with Gasteiger partial charge >= 0.3 is 0 Å². The molecule has 1 heterocycles. The van der Waals surface area contributed by atoms with Crippen LogP contribution in [-0.2, 0) is 9.59 Å². The van der Waals surface area contributed by atoms with Gasteiger partial charge in [-0.3, -0.25) is 14.5 Å². The van der Waals surface area contributed by atoms with Gasteiger partial charge in [0.15, 0.2) is 0 Å². The highest BCUT2D eigenvalue weighted by molar-refractivity contribution is 5.82. The number of likely N-dealkylation sites (N-methyl/N-ethyl adjacent to an activating group) is 1. The molecule has 0 aromatic heterocycles. The maximum absolute atomic E-state index is 12.0. The van der Waals surface area contributed by atoms with Gasteiger partial charge in [0, 0.05) is 60.8 Å². The molecule has 18 heavy (non-hydrogen) atoms. The molecular weight excluding hydrogens is 232 g/mol. The molecule has 0 bridgehead atoms. The Balaban J connectivity index is 2.55. The molecule has 0 aliphatic carbocycles. The molecule has 1 unspecified atom stereocenters. The zero-order valence-electron chi connectivity index (χ0n) is 11.8. The molecule has 0 spiro atoms. The van der Waals surface area contributed by atoms with Crippen LogP contribution in [0.1, 0.15) is 6.42 Å². The second kappa shape index (κ2) is 6.70. The molecule has 0 aromatic rings. The van der Waals surface area contributed by atoms with Crippen molar-refractivity contribution >= 4 is 11.8 Å². The van der Waals surface area contributed by atoms with Crippen molar-refractivity contribution in [2.24, 2.45) is 0 Å². The Bertz CT molecular complexity index is 304. The van der Waals surface area contributed by atoms with E-state index in [1.165, 1.54) is 0 Å². The lowest BCUT2D eigenvalue weighted by molar-refractivity contribution is -0.136. The van der Waals surface area contributed by atoms with Crippen molar-refractivity contribution in [3.8, 4) is 0 Å². The van der Waals surface area contributed by atoms with Gasteiger partial charge in [0.25, 0.3) is 0 Å². The van der Waals surface area contributed by atoms with Crippen LogP contribution in [-0.4, -0.2) is 86.9 Å². The van der Waals surface area contributed by atoms with Crippen molar-refractivity contribution in [2.75, 3.05) is 54.4 Å². The topological polar surface area (TPSA) is 55.9 Å². The molecule has 104 valence electrons. The van der Waals surface area contributed by atoms with Crippen molar-refractivity contribution in [2.45, 2.75) is 12.5 Å². The Labute approximate surface area is 109 Å². The number of hydrogen-bond donors (Lipinski definition) is 1. The quantitative estimate of drug-likeness (QED) is 0.688. The molecule has 1 aliphatic heterocycles. The maximum atomic E-state index is 12.0. The van der Waals surface area contributed by atoms with Gasteiger partial charge in [0.05, 0.1) is 0 Å². The Morgan fingerprint density at radius 3 is 2.44 bits per heavy atom. The number of amides is 2. The predicted molar refractivity (Wildman–Crippen MR) is 70.2 cm³/mol. The van der Waals surface area contributed by atoms with E-state index in [0.717, 1.165) is 13.1 Å². The molecule has 1 rings (SSSR count). The van der Waals surface area contributed by atoms with Gasteiger partial charge in [0.1, 0.15) is 6.04 Å². The third-order valence-corrected chi connectivity index (χ3v) is 3.19. The first-order valence-electron chi connectivity index (χ1n) is 6.29. The van der Waals surface area contributed by atoms with E-state index in [2.05, 4.69) is 10.2 Å². The number of carbonyl (C=O) groups excluding carboxylic acids is 2. The average molecular weight is 256 g/mol. The summed E-state index contributed by atoms with van der Waals surface area (Å²) in [6.45, 7) is 2.98. The van der Waals surface area contributed by atoms with Gasteiger partial charge in [0.2, 0.25) is 11.8 Å². The fraction of sp³-hybridized carbons (Fsp3) is 0.833. The van der Waals surface area contributed by atoms with E-state index in [1.807, 2.05) is 0 Å². The molecule has 0 aromatic carbocycles. The largest absolute Gasteiger partial charge is 0.349 e. The highest BCUT2D eigenvalue weighted by Gasteiger charge is 2.29. The van der Waals surface area contributed by atoms with Crippen LogP contribution in [0.5, 0.6) is 0 Å². The monoisotopic (exact) mass is 256 g/mol. The zero-order valence-corrected chi connectivity index (χ0v) is 11.8. The van der Waals surface area contributed by atoms with E-state index in [4.69, 9.17) is 0 Å². The summed E-state index contributed by atoms with van der Waals surface area (Å²) < 4.78 is 0. The lowest BCUT2D eigenvalue weighted by Gasteiger charge is -2.36. The highest BCUT2D eigenvalue weighted by atomic mass is 16.2. The SMILES string of the molecule is CN(C)C(=O)CCN1CCNCC1C(=O)N(C)C. The molecular formula is C12H24N4O2. The van der Waals surface area contributed by atoms with Crippen LogP contribution >= 0.6 is 0 Å². The zero-order chi connectivity index (χ0) is 13.7. The predicted octanol–water partition coefficient (Wildman–Crippen LogP) is -1.17. The Kier molecular flexibility index (Phi) is 5.55. The normalized spacial score (nSPS) is 20.6. The van der Waals surface area contributed by atoms with Crippen LogP contribution in [0.2, 0.25) is 0 Å². The molecule has 1 saturated heterocycles. The van der Waals surface area contributed by atoms with E-state index in [9.17, 15) is 9.59 Å². The number of piperazine rings is 1. The van der Waals surface area contributed by atoms with Crippen molar-refractivity contribution in [3.05, 3.63) is 0 Å². The van der Waals surface area contributed by atoms with Gasteiger partial charge in [-0.15, -0.1) is 0 Å². The van der Waals surface area contributed by atoms with E-state index in [-0.39, 0.29) is 17.9 Å². The van der Waals surface area contributed by atoms with Crippen molar-refractivity contribution in [1.29, 1.82) is 0 Å². The van der Waals surface area contributed by atoms with Crippen molar-refractivity contribution in [1.82, 2.24) is 20.0 Å². The number of nitrogens with one attached hydrogen (secondary N) is 1. The second-order valence-corrected chi connectivity index (χ2v) is 5.03. The second-order valence-electron chi connectivity index (χ2n) is 5.03. The van der Waals surface area contributed by atoms with Crippen LogP contribution in [0, 0.1) is 0 Å². The van der Waals surface area contributed by atoms with Gasteiger partial charge in [-0.2, -0.15) is 0 Å². The van der Waals surface area contributed by atoms with E-state index < -0.39 is 0 Å². The third-order valence-electron chi connectivity index (χ3n) is 3.19. The van der Waals surface area contributed by atoms with E-state index >= 15 is 0 Å². The lowest BCUT2D eigenvalue weighted by atomic mass is 10.1. The standard InChI is InChI=1S/C12H24N4O2/c1-14(2)11(17)5-7-16-8-6-13-9-10(16)12(18)15(3)4/h10,13H,5-9H2,1-4H3. The number of nitrogens with zero attached hydrogens (tertiary/aromatic N) is 3. The first kappa shape index (κ1) is 14.9. The first-order chi connectivity index (χ1) is 8.43. The molecule has 0 radical (unpaired) electrons. The van der Waals surface area contributed by atoms with E-state index in [1.54, 1.807) is 38.0 Å². The van der Waals surface area contributed by atoms with Crippen LogP contribution in [0.25, 0.3) is 0 Å². The van der Waals surface area contributed by atoms with Gasteiger partial charge < -0.3 is 15.1 Å². The Morgan fingerprint density at radius 2 is 1.89 bits per heavy atom. The van der Waals surface area contributed by atoms with Crippen LogP contribution in [0.4, 0.5) is 0 Å². The third kappa shape index (κ3) is 3.96. The summed E-state index contributed by atoms with van der Waals surface area (Å²) in [5, 5.41) is 3.23. The number of rotatable bonds is 4. The summed E-state index contributed by atoms with van der Waals surface area (Å²) in [4.78, 5) is 28.9. The Hall–Kier alpha value is -1.14. The number of carbonyl (C=O) groups is 2. The summed E-state index contributed by atoms with van der Waals surface area (Å²) in [5.41, 5.74) is 0. The summed E-state index contributed by atoms with van der Waals surface area (Å²) >= 11 is 0. The van der Waals surface area contributed by atoms with Crippen LogP contribution in [0.3, 0.4) is 0 Å². The van der Waals surface area contributed by atoms with Crippen molar-refractivity contribution < 1.29 is 9.59 Å². The van der Waals surface area contributed by atoms with Crippen molar-refractivity contribution in [3.63, 3.8) is 0 Å². The molecule has 1 fully saturated rings. The molecule has 1 atom stereocenters. The van der Waals surface area contributed by atoms with Gasteiger partial charge in [-0.05, 0) is 0 Å². The molecule has 6 nitrogen and oxygen atoms in total. The summed E-state index contributed by atoms with van der Waals surface area (Å²) in [5.74, 6) is 0.198. The van der Waals surface area contributed by atoms with Gasteiger partial charge in [-0.1, -0.05) is 0 Å². The van der Waals surface area contributed by atoms with Crippen LogP contribution < -0.4 is 5.32 Å².